The molecule has 0 spiro atoms. The Morgan fingerprint density at radius 2 is 2.29 bits per heavy atom. The molecule has 1 aliphatic heterocycles. The maximum absolute atomic E-state index is 12.2. The summed E-state index contributed by atoms with van der Waals surface area (Å²) >= 11 is 0. The van der Waals surface area contributed by atoms with Crippen LogP contribution in [0.15, 0.2) is 17.6 Å². The van der Waals surface area contributed by atoms with E-state index >= 15 is 0 Å². The minimum Gasteiger partial charge on any atom is -0.339 e. The molecular formula is C10H18N4O2S. The lowest BCUT2D eigenvalue weighted by atomic mass is 10.0. The van der Waals surface area contributed by atoms with E-state index in [-0.39, 0.29) is 17.0 Å². The molecule has 0 aromatic carbocycles. The molecule has 1 saturated heterocycles. The van der Waals surface area contributed by atoms with Gasteiger partial charge in [0.25, 0.3) is 10.0 Å². The second kappa shape index (κ2) is 4.40. The van der Waals surface area contributed by atoms with Crippen LogP contribution in [-0.4, -0.2) is 41.4 Å². The number of nitrogens with two attached hydrogens (primary N) is 1. The molecule has 6 nitrogen and oxygen atoms in total. The molecule has 1 aromatic rings. The van der Waals surface area contributed by atoms with Crippen LogP contribution in [0.1, 0.15) is 13.3 Å². The van der Waals surface area contributed by atoms with E-state index in [9.17, 15) is 8.42 Å². The van der Waals surface area contributed by atoms with Crippen LogP contribution < -0.4 is 5.73 Å². The molecule has 0 radical (unpaired) electrons. The summed E-state index contributed by atoms with van der Waals surface area (Å²) in [5.41, 5.74) is 5.80. The lowest BCUT2D eigenvalue weighted by Gasteiger charge is -2.16. The first kappa shape index (κ1) is 12.5. The van der Waals surface area contributed by atoms with Gasteiger partial charge in [-0.3, -0.25) is 0 Å². The summed E-state index contributed by atoms with van der Waals surface area (Å²) in [7, 11) is -1.69. The Labute approximate surface area is 101 Å². The smallest absolute Gasteiger partial charge is 0.262 e. The number of aryl methyl sites for hydroxylation is 1. The van der Waals surface area contributed by atoms with Crippen molar-refractivity contribution < 1.29 is 8.42 Å². The minimum atomic E-state index is -3.44. The zero-order chi connectivity index (χ0) is 12.6. The van der Waals surface area contributed by atoms with Gasteiger partial charge < -0.3 is 10.3 Å². The standard InChI is InChI=1S/C10H18N4O2S/c1-8(11)9-3-4-14(5-9)17(15,16)10-6-13(2)7-12-10/h6-9H,3-5,11H2,1-2H3. The first-order chi connectivity index (χ1) is 7.91. The van der Waals surface area contributed by atoms with Crippen LogP contribution in [0.3, 0.4) is 0 Å². The molecule has 2 heterocycles. The Morgan fingerprint density at radius 3 is 2.76 bits per heavy atom. The fourth-order valence-electron chi connectivity index (χ4n) is 2.06. The van der Waals surface area contributed by atoms with E-state index in [1.54, 1.807) is 11.6 Å². The molecule has 0 aliphatic carbocycles. The number of aromatic nitrogens is 2. The Hall–Kier alpha value is -0.920. The summed E-state index contributed by atoms with van der Waals surface area (Å²) in [6.45, 7) is 2.95. The Balaban J connectivity index is 2.18. The molecule has 0 amide bonds. The van der Waals surface area contributed by atoms with Crippen molar-refractivity contribution in [2.45, 2.75) is 24.4 Å². The van der Waals surface area contributed by atoms with Crippen molar-refractivity contribution >= 4 is 10.0 Å². The molecule has 2 atom stereocenters. The first-order valence-electron chi connectivity index (χ1n) is 5.65. The largest absolute Gasteiger partial charge is 0.339 e. The van der Waals surface area contributed by atoms with Crippen molar-refractivity contribution in [3.05, 3.63) is 12.5 Å². The Morgan fingerprint density at radius 1 is 1.59 bits per heavy atom. The maximum Gasteiger partial charge on any atom is 0.262 e. The molecule has 0 bridgehead atoms. The van der Waals surface area contributed by atoms with Gasteiger partial charge in [-0.25, -0.2) is 13.4 Å². The first-order valence-corrected chi connectivity index (χ1v) is 7.09. The van der Waals surface area contributed by atoms with Crippen LogP contribution in [0.2, 0.25) is 0 Å². The van der Waals surface area contributed by atoms with E-state index in [0.717, 1.165) is 6.42 Å². The fourth-order valence-corrected chi connectivity index (χ4v) is 3.53. The molecule has 1 aliphatic rings. The summed E-state index contributed by atoms with van der Waals surface area (Å²) in [6.07, 6.45) is 3.84. The van der Waals surface area contributed by atoms with Crippen LogP contribution in [0.4, 0.5) is 0 Å². The highest BCUT2D eigenvalue weighted by molar-refractivity contribution is 7.89. The molecule has 2 rings (SSSR count). The third kappa shape index (κ3) is 2.36. The van der Waals surface area contributed by atoms with Gasteiger partial charge in [0.05, 0.1) is 6.33 Å². The number of rotatable bonds is 3. The van der Waals surface area contributed by atoms with Gasteiger partial charge in [0.15, 0.2) is 5.03 Å². The second-order valence-electron chi connectivity index (χ2n) is 4.65. The summed E-state index contributed by atoms with van der Waals surface area (Å²) in [5, 5.41) is 0.116. The van der Waals surface area contributed by atoms with Gasteiger partial charge in [0.2, 0.25) is 0 Å². The molecular weight excluding hydrogens is 240 g/mol. The van der Waals surface area contributed by atoms with Gasteiger partial charge in [-0.2, -0.15) is 4.31 Å². The molecule has 96 valence electrons. The van der Waals surface area contributed by atoms with Crippen LogP contribution in [-0.2, 0) is 17.1 Å². The topological polar surface area (TPSA) is 81.2 Å². The maximum atomic E-state index is 12.2. The summed E-state index contributed by atoms with van der Waals surface area (Å²) in [6, 6.07) is 0.0268. The van der Waals surface area contributed by atoms with Crippen LogP contribution in [0.5, 0.6) is 0 Å². The second-order valence-corrected chi connectivity index (χ2v) is 6.53. The summed E-state index contributed by atoms with van der Waals surface area (Å²) in [4.78, 5) is 3.90. The van der Waals surface area contributed by atoms with Gasteiger partial charge in [0.1, 0.15) is 0 Å². The van der Waals surface area contributed by atoms with Gasteiger partial charge in [-0.1, -0.05) is 0 Å². The fraction of sp³-hybridized carbons (Fsp3) is 0.700. The van der Waals surface area contributed by atoms with E-state index < -0.39 is 10.0 Å². The normalized spacial score (nSPS) is 24.1. The highest BCUT2D eigenvalue weighted by Gasteiger charge is 2.34. The number of nitrogens with zero attached hydrogens (tertiary/aromatic N) is 3. The van der Waals surface area contributed by atoms with Gasteiger partial charge >= 0.3 is 0 Å². The highest BCUT2D eigenvalue weighted by atomic mass is 32.2. The number of sulfonamides is 1. The summed E-state index contributed by atoms with van der Waals surface area (Å²) in [5.74, 6) is 0.244. The quantitative estimate of drug-likeness (QED) is 0.812. The van der Waals surface area contributed by atoms with Gasteiger partial charge in [-0.05, 0) is 19.3 Å². The van der Waals surface area contributed by atoms with Crippen molar-refractivity contribution in [1.82, 2.24) is 13.9 Å². The van der Waals surface area contributed by atoms with E-state index in [4.69, 9.17) is 5.73 Å². The van der Waals surface area contributed by atoms with Crippen LogP contribution >= 0.6 is 0 Å². The van der Waals surface area contributed by atoms with E-state index in [0.29, 0.717) is 13.1 Å². The van der Waals surface area contributed by atoms with Crippen molar-refractivity contribution in [3.63, 3.8) is 0 Å². The molecule has 1 aromatic heterocycles. The Kier molecular flexibility index (Phi) is 3.24. The highest BCUT2D eigenvalue weighted by Crippen LogP contribution is 2.24. The molecule has 2 N–H and O–H groups in total. The van der Waals surface area contributed by atoms with E-state index in [2.05, 4.69) is 4.98 Å². The number of hydrogen-bond donors (Lipinski definition) is 1. The van der Waals surface area contributed by atoms with Crippen molar-refractivity contribution in [3.8, 4) is 0 Å². The molecule has 2 unspecified atom stereocenters. The zero-order valence-electron chi connectivity index (χ0n) is 10.1. The number of imidazole rings is 1. The van der Waals surface area contributed by atoms with E-state index in [1.165, 1.54) is 16.8 Å². The SMILES string of the molecule is CC(N)C1CCN(S(=O)(=O)c2cn(C)cn2)C1. The summed E-state index contributed by atoms with van der Waals surface area (Å²) < 4.78 is 27.6. The number of hydrogen-bond acceptors (Lipinski definition) is 4. The Bertz CT molecular complexity index is 494. The zero-order valence-corrected chi connectivity index (χ0v) is 10.9. The van der Waals surface area contributed by atoms with Gasteiger partial charge in [-0.15, -0.1) is 0 Å². The van der Waals surface area contributed by atoms with Crippen LogP contribution in [0, 0.1) is 5.92 Å². The predicted octanol–water partition coefficient (Wildman–Crippen LogP) is -0.222. The molecule has 17 heavy (non-hydrogen) atoms. The predicted molar refractivity (Wildman–Crippen MR) is 63.7 cm³/mol. The third-order valence-electron chi connectivity index (χ3n) is 3.22. The lowest BCUT2D eigenvalue weighted by molar-refractivity contribution is 0.428. The lowest BCUT2D eigenvalue weighted by Crippen LogP contribution is -2.33. The third-order valence-corrected chi connectivity index (χ3v) is 4.97. The monoisotopic (exact) mass is 258 g/mol. The molecule has 7 heteroatoms. The van der Waals surface area contributed by atoms with Crippen molar-refractivity contribution in [2.75, 3.05) is 13.1 Å². The van der Waals surface area contributed by atoms with Crippen LogP contribution in [0.25, 0.3) is 0 Å². The van der Waals surface area contributed by atoms with Crippen molar-refractivity contribution in [1.29, 1.82) is 0 Å². The average molecular weight is 258 g/mol. The van der Waals surface area contributed by atoms with E-state index in [1.807, 2.05) is 6.92 Å². The molecule has 0 saturated carbocycles. The minimum absolute atomic E-state index is 0.0268. The molecule has 1 fully saturated rings. The van der Waals surface area contributed by atoms with Crippen molar-refractivity contribution in [2.24, 2.45) is 18.7 Å². The average Bonchev–Trinajstić information content (AvgIpc) is 2.85. The van der Waals surface area contributed by atoms with Gasteiger partial charge in [0, 0.05) is 32.4 Å².